The van der Waals surface area contributed by atoms with E-state index in [4.69, 9.17) is 18.9 Å². The van der Waals surface area contributed by atoms with Gasteiger partial charge in [0.2, 0.25) is 29.5 Å². The molecule has 0 spiro atoms. The normalized spacial score (nSPS) is 17.5. The quantitative estimate of drug-likeness (QED) is 0.0339. The highest BCUT2D eigenvalue weighted by molar-refractivity contribution is 7.13. The van der Waals surface area contributed by atoms with Crippen LogP contribution in [-0.4, -0.2) is 120 Å². The molecule has 20 heteroatoms. The van der Waals surface area contributed by atoms with E-state index < -0.39 is 52.6 Å². The number of β-amino-alcohol motifs (C(OH)–C–C–N with tert-alkyl or cyclic N) is 1. The Morgan fingerprint density at radius 3 is 2.18 bits per heavy atom. The van der Waals surface area contributed by atoms with E-state index in [1.54, 1.807) is 55.0 Å². The Morgan fingerprint density at radius 1 is 0.861 bits per heavy atom. The van der Waals surface area contributed by atoms with Crippen molar-refractivity contribution in [2.45, 2.75) is 97.1 Å². The van der Waals surface area contributed by atoms with Crippen molar-refractivity contribution >= 4 is 68.8 Å². The number of hydrogen-bond donors (Lipinski definition) is 5. The summed E-state index contributed by atoms with van der Waals surface area (Å²) in [6.07, 6.45) is 3.27. The van der Waals surface area contributed by atoms with Gasteiger partial charge in [-0.2, -0.15) is 0 Å². The maximum atomic E-state index is 14.1. The average molecular weight is 1100 g/mol. The van der Waals surface area contributed by atoms with E-state index in [0.717, 1.165) is 45.6 Å². The van der Waals surface area contributed by atoms with Gasteiger partial charge in [0.05, 0.1) is 66.4 Å². The fraction of sp³-hybridized carbons (Fsp3) is 0.407. The van der Waals surface area contributed by atoms with Crippen LogP contribution in [0.5, 0.6) is 17.2 Å². The van der Waals surface area contributed by atoms with Gasteiger partial charge in [0, 0.05) is 62.0 Å². The molecule has 4 aromatic carbocycles. The Bertz CT molecular complexity index is 3140. The Labute approximate surface area is 462 Å². The summed E-state index contributed by atoms with van der Waals surface area (Å²) < 4.78 is 37.5. The van der Waals surface area contributed by atoms with E-state index in [9.17, 15) is 33.5 Å². The largest absolute Gasteiger partial charge is 0.495 e. The molecule has 6 aromatic rings. The lowest BCUT2D eigenvalue weighted by molar-refractivity contribution is -0.144. The van der Waals surface area contributed by atoms with Crippen LogP contribution in [0, 0.1) is 23.6 Å². The lowest BCUT2D eigenvalue weighted by atomic mass is 9.85. The van der Waals surface area contributed by atoms with Crippen molar-refractivity contribution in [2.75, 3.05) is 62.1 Å². The zero-order valence-corrected chi connectivity index (χ0v) is 45.8. The number of fused-ring (bicyclic) bond motifs is 1. The van der Waals surface area contributed by atoms with Gasteiger partial charge in [-0.3, -0.25) is 29.0 Å². The molecule has 4 heterocycles. The molecule has 1 aliphatic carbocycles. The van der Waals surface area contributed by atoms with Crippen LogP contribution < -0.4 is 35.6 Å². The van der Waals surface area contributed by atoms with Crippen LogP contribution in [0.4, 0.5) is 21.5 Å². The molecule has 2 saturated heterocycles. The summed E-state index contributed by atoms with van der Waals surface area (Å²) >= 11 is 1.57. The third-order valence-electron chi connectivity index (χ3n) is 14.6. The van der Waals surface area contributed by atoms with E-state index in [-0.39, 0.29) is 57.1 Å². The number of thiazole rings is 1. The predicted molar refractivity (Wildman–Crippen MR) is 298 cm³/mol. The number of anilines is 3. The summed E-state index contributed by atoms with van der Waals surface area (Å²) in [6.45, 7) is 9.92. The van der Waals surface area contributed by atoms with Crippen molar-refractivity contribution in [2.24, 2.45) is 10.8 Å². The number of aliphatic hydroxyl groups excluding tert-OH is 1. The van der Waals surface area contributed by atoms with Gasteiger partial charge in [0.1, 0.15) is 40.6 Å². The number of benzene rings is 4. The van der Waals surface area contributed by atoms with Gasteiger partial charge >= 0.3 is 0 Å². The third-order valence-corrected chi connectivity index (χ3v) is 15.6. The lowest BCUT2D eigenvalue weighted by Crippen LogP contribution is -2.57. The monoisotopic (exact) mass is 1100 g/mol. The highest BCUT2D eigenvalue weighted by atomic mass is 32.1. The first-order valence-electron chi connectivity index (χ1n) is 26.6. The first-order chi connectivity index (χ1) is 38.0. The highest BCUT2D eigenvalue weighted by Gasteiger charge is 2.56. The minimum absolute atomic E-state index is 0.00795. The number of nitrogens with one attached hydrogen (secondary N) is 4. The molecule has 5 N–H and O–H groups in total. The second-order valence-corrected chi connectivity index (χ2v) is 22.2. The van der Waals surface area contributed by atoms with Crippen molar-refractivity contribution in [1.29, 1.82) is 0 Å². The number of carbonyl (C=O) groups is 5. The van der Waals surface area contributed by atoms with Gasteiger partial charge in [-0.05, 0) is 116 Å². The van der Waals surface area contributed by atoms with E-state index >= 15 is 0 Å². The summed E-state index contributed by atoms with van der Waals surface area (Å²) in [5.74, 6) is -0.681. The molecule has 3 aliphatic rings. The van der Waals surface area contributed by atoms with Gasteiger partial charge < -0.3 is 55.1 Å². The third kappa shape index (κ3) is 13.7. The minimum atomic E-state index is -1.19. The summed E-state index contributed by atoms with van der Waals surface area (Å²) in [6, 6.07) is 24.0. The molecule has 0 bridgehead atoms. The van der Waals surface area contributed by atoms with Crippen LogP contribution in [0.1, 0.15) is 70.6 Å². The second-order valence-electron chi connectivity index (χ2n) is 21.3. The van der Waals surface area contributed by atoms with Gasteiger partial charge in [-0.1, -0.05) is 45.0 Å². The molecular formula is C59H67FN8O10S. The number of rotatable bonds is 21. The maximum Gasteiger partial charge on any atom is 0.246 e. The van der Waals surface area contributed by atoms with E-state index in [1.165, 1.54) is 29.2 Å². The van der Waals surface area contributed by atoms with Gasteiger partial charge in [-0.15, -0.1) is 11.3 Å². The van der Waals surface area contributed by atoms with Crippen molar-refractivity contribution < 1.29 is 52.4 Å². The molecular weight excluding hydrogens is 1030 g/mol. The number of hydrogen-bond acceptors (Lipinski definition) is 14. The fourth-order valence-corrected chi connectivity index (χ4v) is 10.7. The standard InChI is InChI=1S/C59H67FN8O10S/c1-36-52(79-35-63-36)38-8-6-37(7-9-38)33-62-54(71)48-30-42(69)34-68(48)55(72)53(58(2,3)4)66-51(70)21-27-76-28-29-77-43-19-25-67(26-20-43)47-32-46-45(31-50(47)75-5)49(18-24-61-46)78-44-16-14-41(15-17-44)65-57(74)59(22-23-59)56(73)64-40-12-10-39(60)11-13-40/h6-18,24,31-32,35,42-43,48,53,69H,19-23,25-30,33-34H2,1-5H3,(H,62,71)(H,64,73)(H,65,74)(H,66,70)/t42-,48+,53-/m1/s1. The highest BCUT2D eigenvalue weighted by Crippen LogP contribution is 2.48. The zero-order valence-electron chi connectivity index (χ0n) is 45.0. The molecule has 5 amide bonds. The van der Waals surface area contributed by atoms with Crippen LogP contribution in [0.25, 0.3) is 21.3 Å². The number of aliphatic hydroxyl groups is 1. The van der Waals surface area contributed by atoms with Gasteiger partial charge in [0.25, 0.3) is 0 Å². The minimum Gasteiger partial charge on any atom is -0.495 e. The van der Waals surface area contributed by atoms with Crippen LogP contribution >= 0.6 is 11.3 Å². The number of carbonyl (C=O) groups excluding carboxylic acids is 5. The summed E-state index contributed by atoms with van der Waals surface area (Å²) in [4.78, 5) is 80.8. The summed E-state index contributed by atoms with van der Waals surface area (Å²) in [7, 11) is 1.63. The number of ether oxygens (including phenoxy) is 4. The Hall–Kier alpha value is -7.52. The van der Waals surface area contributed by atoms with Crippen LogP contribution in [0.2, 0.25) is 0 Å². The summed E-state index contributed by atoms with van der Waals surface area (Å²) in [5.41, 5.74) is 5.35. The topological polar surface area (TPSA) is 223 Å². The van der Waals surface area contributed by atoms with Crippen LogP contribution in [-0.2, 0) is 40.0 Å². The SMILES string of the molecule is COc1cc2c(Oc3ccc(NC(=O)C4(C(=O)Nc5ccc(F)cc5)CC4)cc3)ccnc2cc1N1CCC(OCCOCCC(=O)N[C@H](C(=O)N2C[C@H](O)C[C@H]2C(=O)NCc2ccc(-c3scnc3C)cc2)C(C)(C)C)CC1. The van der Waals surface area contributed by atoms with Crippen molar-refractivity contribution in [1.82, 2.24) is 25.5 Å². The number of methoxy groups -OCH3 is 1. The first-order valence-corrected chi connectivity index (χ1v) is 27.5. The fourth-order valence-electron chi connectivity index (χ4n) is 9.90. The Balaban J connectivity index is 0.695. The molecule has 18 nitrogen and oxygen atoms in total. The number of pyridine rings is 1. The van der Waals surface area contributed by atoms with Crippen molar-refractivity contribution in [3.8, 4) is 27.7 Å². The zero-order chi connectivity index (χ0) is 55.8. The number of aryl methyl sites for hydroxylation is 1. The van der Waals surface area contributed by atoms with Crippen molar-refractivity contribution in [3.05, 3.63) is 120 Å². The van der Waals surface area contributed by atoms with E-state index in [0.29, 0.717) is 66.7 Å². The van der Waals surface area contributed by atoms with Crippen LogP contribution in [0.3, 0.4) is 0 Å². The van der Waals surface area contributed by atoms with Crippen molar-refractivity contribution in [3.63, 3.8) is 0 Å². The molecule has 3 atom stereocenters. The van der Waals surface area contributed by atoms with E-state index in [2.05, 4.69) is 36.1 Å². The molecule has 9 rings (SSSR count). The number of piperidine rings is 1. The molecule has 0 radical (unpaired) electrons. The lowest BCUT2D eigenvalue weighted by Gasteiger charge is -2.35. The number of aromatic nitrogens is 2. The summed E-state index contributed by atoms with van der Waals surface area (Å²) in [5, 5.41) is 22.8. The molecule has 416 valence electrons. The molecule has 2 aliphatic heterocycles. The van der Waals surface area contributed by atoms with Gasteiger partial charge in [-0.25, -0.2) is 9.37 Å². The Morgan fingerprint density at radius 2 is 1.54 bits per heavy atom. The number of nitrogens with zero attached hydrogens (tertiary/aromatic N) is 4. The molecule has 3 fully saturated rings. The van der Waals surface area contributed by atoms with Crippen LogP contribution in [0.15, 0.2) is 103 Å². The second kappa shape index (κ2) is 24.7. The average Bonchev–Trinajstić information content (AvgIpc) is 4.04. The predicted octanol–water partition coefficient (Wildman–Crippen LogP) is 8.17. The maximum absolute atomic E-state index is 14.1. The molecule has 1 saturated carbocycles. The smallest absolute Gasteiger partial charge is 0.246 e. The van der Waals surface area contributed by atoms with E-state index in [1.807, 2.05) is 69.6 Å². The van der Waals surface area contributed by atoms with Gasteiger partial charge in [0.15, 0.2) is 0 Å². The molecule has 2 aromatic heterocycles. The molecule has 79 heavy (non-hydrogen) atoms. The number of likely N-dealkylation sites (tertiary alicyclic amines) is 1. The Kier molecular flexibility index (Phi) is 17.5. The molecule has 0 unspecified atom stereocenters. The number of amides is 5. The number of halogens is 1. The first kappa shape index (κ1) is 56.2.